The zero-order valence-electron chi connectivity index (χ0n) is 11.0. The highest BCUT2D eigenvalue weighted by Crippen LogP contribution is 2.43. The van der Waals surface area contributed by atoms with Crippen molar-refractivity contribution < 1.29 is 14.7 Å². The van der Waals surface area contributed by atoms with Gasteiger partial charge in [-0.2, -0.15) is 0 Å². The first-order valence-corrected chi connectivity index (χ1v) is 6.91. The molecule has 4 atom stereocenters. The molecule has 2 aliphatic rings. The molecule has 0 saturated heterocycles. The Kier molecular flexibility index (Phi) is 3.30. The summed E-state index contributed by atoms with van der Waals surface area (Å²) in [5, 5.41) is 12.0. The van der Waals surface area contributed by atoms with Crippen molar-refractivity contribution in [2.45, 2.75) is 18.9 Å². The van der Waals surface area contributed by atoms with Gasteiger partial charge in [-0.15, -0.1) is 0 Å². The number of benzene rings is 1. The van der Waals surface area contributed by atoms with E-state index in [0.29, 0.717) is 11.5 Å². The number of carboxylic acid groups (broad SMARTS) is 1. The Bertz CT molecular complexity index is 552. The van der Waals surface area contributed by atoms with Crippen molar-refractivity contribution in [2.75, 3.05) is 0 Å². The van der Waals surface area contributed by atoms with Crippen molar-refractivity contribution >= 4 is 11.9 Å². The maximum atomic E-state index is 12.3. The first-order valence-electron chi connectivity index (χ1n) is 6.91. The third kappa shape index (κ3) is 2.33. The van der Waals surface area contributed by atoms with E-state index >= 15 is 0 Å². The Hall–Kier alpha value is -2.10. The molecule has 2 aliphatic carbocycles. The fourth-order valence-corrected chi connectivity index (χ4v) is 3.26. The van der Waals surface area contributed by atoms with Gasteiger partial charge in [0.1, 0.15) is 0 Å². The lowest BCUT2D eigenvalue weighted by Gasteiger charge is -2.21. The Labute approximate surface area is 117 Å². The van der Waals surface area contributed by atoms with Gasteiger partial charge in [-0.05, 0) is 30.2 Å². The van der Waals surface area contributed by atoms with Crippen LogP contribution in [0.5, 0.6) is 0 Å². The van der Waals surface area contributed by atoms with E-state index in [-0.39, 0.29) is 17.7 Å². The highest BCUT2D eigenvalue weighted by Gasteiger charge is 2.40. The third-order valence-corrected chi connectivity index (χ3v) is 4.28. The molecule has 0 aliphatic heterocycles. The zero-order valence-corrected chi connectivity index (χ0v) is 11.0. The molecule has 0 heterocycles. The molecule has 20 heavy (non-hydrogen) atoms. The molecular formula is C16H17NO3. The van der Waals surface area contributed by atoms with E-state index in [1.165, 1.54) is 0 Å². The van der Waals surface area contributed by atoms with E-state index in [0.717, 1.165) is 12.8 Å². The number of carbonyl (C=O) groups excluding carboxylic acids is 1. The van der Waals surface area contributed by atoms with E-state index in [4.69, 9.17) is 0 Å². The van der Waals surface area contributed by atoms with Crippen LogP contribution in [-0.2, 0) is 9.59 Å². The first-order chi connectivity index (χ1) is 9.65. The second-order valence-corrected chi connectivity index (χ2v) is 5.58. The molecular weight excluding hydrogens is 254 g/mol. The van der Waals surface area contributed by atoms with Crippen LogP contribution in [0.25, 0.3) is 0 Å². The Morgan fingerprint density at radius 2 is 1.90 bits per heavy atom. The molecule has 4 unspecified atom stereocenters. The summed E-state index contributed by atoms with van der Waals surface area (Å²) in [5.41, 5.74) is 0.604. The largest absolute Gasteiger partial charge is 0.479 e. The number of fused-ring (bicyclic) bond motifs is 2. The minimum Gasteiger partial charge on any atom is -0.479 e. The number of nitrogens with one attached hydrogen (secondary N) is 1. The van der Waals surface area contributed by atoms with Crippen LogP contribution in [0.4, 0.5) is 0 Å². The second-order valence-electron chi connectivity index (χ2n) is 5.58. The predicted octanol–water partition coefficient (Wildman–Crippen LogP) is 2.14. The second kappa shape index (κ2) is 5.12. The first kappa shape index (κ1) is 12.9. The molecule has 4 nitrogen and oxygen atoms in total. The maximum absolute atomic E-state index is 12.3. The van der Waals surface area contributed by atoms with E-state index in [1.54, 1.807) is 24.3 Å². The Balaban J connectivity index is 1.73. The quantitative estimate of drug-likeness (QED) is 0.824. The maximum Gasteiger partial charge on any atom is 0.330 e. The molecule has 1 saturated carbocycles. The lowest BCUT2D eigenvalue weighted by atomic mass is 9.92. The molecule has 2 N–H and O–H groups in total. The van der Waals surface area contributed by atoms with Crippen molar-refractivity contribution in [3.8, 4) is 0 Å². The smallest absolute Gasteiger partial charge is 0.330 e. The Morgan fingerprint density at radius 3 is 2.45 bits per heavy atom. The van der Waals surface area contributed by atoms with E-state index in [9.17, 15) is 14.7 Å². The summed E-state index contributed by atoms with van der Waals surface area (Å²) in [6, 6.07) is 7.85. The van der Waals surface area contributed by atoms with Crippen LogP contribution < -0.4 is 5.32 Å². The van der Waals surface area contributed by atoms with Crippen LogP contribution in [0, 0.1) is 17.8 Å². The molecule has 0 spiro atoms. The standard InChI is InChI=1S/C16H17NO3/c18-15(13-9-10-6-7-12(13)8-10)17-14(16(19)20)11-4-2-1-3-5-11/h1-7,10,12-14H,8-9H2,(H,17,18)(H,19,20). The summed E-state index contributed by atoms with van der Waals surface area (Å²) in [6.07, 6.45) is 6.13. The number of hydrogen-bond acceptors (Lipinski definition) is 2. The van der Waals surface area contributed by atoms with Crippen molar-refractivity contribution in [1.29, 1.82) is 0 Å². The Morgan fingerprint density at radius 1 is 1.15 bits per heavy atom. The molecule has 104 valence electrons. The third-order valence-electron chi connectivity index (χ3n) is 4.28. The molecule has 1 aromatic rings. The number of amides is 1. The van der Waals surface area contributed by atoms with Crippen LogP contribution >= 0.6 is 0 Å². The summed E-state index contributed by atoms with van der Waals surface area (Å²) in [4.78, 5) is 23.7. The van der Waals surface area contributed by atoms with Crippen LogP contribution in [-0.4, -0.2) is 17.0 Å². The van der Waals surface area contributed by atoms with Gasteiger partial charge in [-0.25, -0.2) is 4.79 Å². The number of aliphatic carboxylic acids is 1. The van der Waals surface area contributed by atoms with Crippen LogP contribution in [0.15, 0.2) is 42.5 Å². The lowest BCUT2D eigenvalue weighted by Crippen LogP contribution is -2.39. The van der Waals surface area contributed by atoms with Crippen molar-refractivity contribution in [2.24, 2.45) is 17.8 Å². The summed E-state index contributed by atoms with van der Waals surface area (Å²) < 4.78 is 0. The van der Waals surface area contributed by atoms with Crippen molar-refractivity contribution in [3.05, 3.63) is 48.0 Å². The van der Waals surface area contributed by atoms with E-state index in [1.807, 2.05) is 6.07 Å². The van der Waals surface area contributed by atoms with Gasteiger partial charge >= 0.3 is 5.97 Å². The van der Waals surface area contributed by atoms with E-state index < -0.39 is 12.0 Å². The highest BCUT2D eigenvalue weighted by atomic mass is 16.4. The SMILES string of the molecule is O=C(O)C(NC(=O)C1CC2C=CC1C2)c1ccccc1. The minimum atomic E-state index is -1.02. The number of carbonyl (C=O) groups is 2. The minimum absolute atomic E-state index is 0.0736. The summed E-state index contributed by atoms with van der Waals surface area (Å²) in [5.74, 6) is -0.460. The number of hydrogen-bond donors (Lipinski definition) is 2. The lowest BCUT2D eigenvalue weighted by molar-refractivity contribution is -0.142. The molecule has 1 aromatic carbocycles. The molecule has 4 heteroatoms. The van der Waals surface area contributed by atoms with Gasteiger partial charge in [0.2, 0.25) is 5.91 Å². The molecule has 0 radical (unpaired) electrons. The zero-order chi connectivity index (χ0) is 14.1. The van der Waals surface area contributed by atoms with Gasteiger partial charge in [0.05, 0.1) is 0 Å². The molecule has 3 rings (SSSR count). The fraction of sp³-hybridized carbons (Fsp3) is 0.375. The van der Waals surface area contributed by atoms with Gasteiger partial charge in [-0.1, -0.05) is 42.5 Å². The van der Waals surface area contributed by atoms with Gasteiger partial charge in [0.25, 0.3) is 0 Å². The van der Waals surface area contributed by atoms with Crippen molar-refractivity contribution in [1.82, 2.24) is 5.32 Å². The summed E-state index contributed by atoms with van der Waals surface area (Å²) in [6.45, 7) is 0. The van der Waals surface area contributed by atoms with Gasteiger partial charge in [0.15, 0.2) is 6.04 Å². The monoisotopic (exact) mass is 271 g/mol. The molecule has 0 aromatic heterocycles. The van der Waals surface area contributed by atoms with Crippen LogP contribution in [0.1, 0.15) is 24.4 Å². The number of allylic oxidation sites excluding steroid dienone is 2. The van der Waals surface area contributed by atoms with Gasteiger partial charge in [0, 0.05) is 5.92 Å². The summed E-state index contributed by atoms with van der Waals surface area (Å²) >= 11 is 0. The molecule has 1 amide bonds. The van der Waals surface area contributed by atoms with Gasteiger partial charge < -0.3 is 10.4 Å². The van der Waals surface area contributed by atoms with Crippen molar-refractivity contribution in [3.63, 3.8) is 0 Å². The van der Waals surface area contributed by atoms with Crippen LogP contribution in [0.3, 0.4) is 0 Å². The molecule has 2 bridgehead atoms. The topological polar surface area (TPSA) is 66.4 Å². The normalized spacial score (nSPS) is 28.3. The highest BCUT2D eigenvalue weighted by molar-refractivity contribution is 5.86. The van der Waals surface area contributed by atoms with Gasteiger partial charge in [-0.3, -0.25) is 4.79 Å². The average molecular weight is 271 g/mol. The number of rotatable bonds is 4. The van der Waals surface area contributed by atoms with Crippen LogP contribution in [0.2, 0.25) is 0 Å². The average Bonchev–Trinajstić information content (AvgIpc) is 3.07. The number of carboxylic acids is 1. The molecule has 1 fully saturated rings. The fourth-order valence-electron chi connectivity index (χ4n) is 3.26. The van der Waals surface area contributed by atoms with E-state index in [2.05, 4.69) is 17.5 Å². The summed E-state index contributed by atoms with van der Waals surface area (Å²) in [7, 11) is 0. The predicted molar refractivity (Wildman–Crippen MR) is 73.8 cm³/mol.